The first-order chi connectivity index (χ1) is 6.42. The highest BCUT2D eigenvalue weighted by atomic mass is 35.5. The van der Waals surface area contributed by atoms with Gasteiger partial charge in [-0.15, -0.1) is 0 Å². The van der Waals surface area contributed by atoms with Crippen LogP contribution in [0.4, 0.5) is 0 Å². The van der Waals surface area contributed by atoms with Crippen molar-refractivity contribution in [1.82, 2.24) is 0 Å². The van der Waals surface area contributed by atoms with Crippen LogP contribution in [0.3, 0.4) is 0 Å². The van der Waals surface area contributed by atoms with Crippen LogP contribution in [0.5, 0.6) is 0 Å². The van der Waals surface area contributed by atoms with Gasteiger partial charge in [-0.25, -0.2) is 0 Å². The Kier molecular flexibility index (Phi) is 3.86. The standard InChI is InChI=1S/C11H12NO.ClH/c13-9-8-12-7-3-5-10-4-1-2-6-11(10)12;/h1-7,13H,8-9H2;1H/q+1;/p-1. The number of para-hydroxylation sites is 1. The van der Waals surface area contributed by atoms with E-state index >= 15 is 0 Å². The highest BCUT2D eigenvalue weighted by molar-refractivity contribution is 5.74. The molecule has 0 unspecified atom stereocenters. The van der Waals surface area contributed by atoms with Gasteiger partial charge < -0.3 is 17.5 Å². The average Bonchev–Trinajstić information content (AvgIpc) is 2.19. The maximum Gasteiger partial charge on any atom is 0.212 e. The van der Waals surface area contributed by atoms with Gasteiger partial charge in [0.2, 0.25) is 5.52 Å². The molecule has 0 saturated carbocycles. The van der Waals surface area contributed by atoms with Gasteiger partial charge in [-0.2, -0.15) is 4.57 Å². The maximum atomic E-state index is 8.86. The predicted octanol–water partition coefficient (Wildman–Crippen LogP) is -1.88. The monoisotopic (exact) mass is 209 g/mol. The fraction of sp³-hybridized carbons (Fsp3) is 0.182. The molecule has 1 aromatic carbocycles. The molecule has 0 saturated heterocycles. The summed E-state index contributed by atoms with van der Waals surface area (Å²) in [6.07, 6.45) is 1.98. The van der Waals surface area contributed by atoms with Gasteiger partial charge in [0.25, 0.3) is 0 Å². The zero-order valence-electron chi connectivity index (χ0n) is 7.73. The molecule has 1 heterocycles. The van der Waals surface area contributed by atoms with Gasteiger partial charge in [0.05, 0.1) is 0 Å². The van der Waals surface area contributed by atoms with E-state index in [0.29, 0.717) is 6.54 Å². The summed E-state index contributed by atoms with van der Waals surface area (Å²) >= 11 is 0. The van der Waals surface area contributed by atoms with Crippen molar-refractivity contribution in [2.45, 2.75) is 6.54 Å². The number of halogens is 1. The van der Waals surface area contributed by atoms with Crippen molar-refractivity contribution >= 4 is 10.9 Å². The zero-order chi connectivity index (χ0) is 9.10. The number of fused-ring (bicyclic) bond motifs is 1. The molecule has 2 aromatic rings. The van der Waals surface area contributed by atoms with Crippen molar-refractivity contribution < 1.29 is 22.1 Å². The number of nitrogens with zero attached hydrogens (tertiary/aromatic N) is 1. The Morgan fingerprint density at radius 3 is 2.57 bits per heavy atom. The highest BCUT2D eigenvalue weighted by Gasteiger charge is 2.04. The minimum absolute atomic E-state index is 0. The first kappa shape index (κ1) is 11.0. The van der Waals surface area contributed by atoms with E-state index in [4.69, 9.17) is 5.11 Å². The van der Waals surface area contributed by atoms with Gasteiger partial charge in [-0.05, 0) is 12.1 Å². The lowest BCUT2D eigenvalue weighted by atomic mass is 10.2. The van der Waals surface area contributed by atoms with E-state index in [9.17, 15) is 0 Å². The van der Waals surface area contributed by atoms with E-state index < -0.39 is 0 Å². The fourth-order valence-electron chi connectivity index (χ4n) is 1.52. The molecule has 0 bridgehead atoms. The third-order valence-electron chi connectivity index (χ3n) is 2.13. The number of hydrogen-bond acceptors (Lipinski definition) is 1. The van der Waals surface area contributed by atoms with Crippen LogP contribution in [-0.4, -0.2) is 11.7 Å². The van der Waals surface area contributed by atoms with Gasteiger partial charge in [0, 0.05) is 17.5 Å². The molecule has 0 fully saturated rings. The van der Waals surface area contributed by atoms with Gasteiger partial charge in [0.1, 0.15) is 6.61 Å². The van der Waals surface area contributed by atoms with Crippen molar-refractivity contribution in [2.75, 3.05) is 6.61 Å². The van der Waals surface area contributed by atoms with Gasteiger partial charge in [-0.1, -0.05) is 12.1 Å². The van der Waals surface area contributed by atoms with Crippen molar-refractivity contribution in [3.63, 3.8) is 0 Å². The van der Waals surface area contributed by atoms with E-state index in [-0.39, 0.29) is 19.0 Å². The molecule has 0 spiro atoms. The Morgan fingerprint density at radius 2 is 1.79 bits per heavy atom. The van der Waals surface area contributed by atoms with Crippen molar-refractivity contribution in [1.29, 1.82) is 0 Å². The summed E-state index contributed by atoms with van der Waals surface area (Å²) in [4.78, 5) is 0. The second kappa shape index (κ2) is 4.94. The summed E-state index contributed by atoms with van der Waals surface area (Å²) in [5.41, 5.74) is 1.17. The molecule has 0 aliphatic rings. The molecule has 1 N–H and O–H groups in total. The lowest BCUT2D eigenvalue weighted by Gasteiger charge is -1.98. The summed E-state index contributed by atoms with van der Waals surface area (Å²) < 4.78 is 2.05. The molecule has 74 valence electrons. The van der Waals surface area contributed by atoms with Crippen LogP contribution in [0, 0.1) is 0 Å². The Hall–Kier alpha value is -1.12. The number of aromatic nitrogens is 1. The number of hydrogen-bond donors (Lipinski definition) is 1. The number of aliphatic hydroxyl groups is 1. The second-order valence-corrected chi connectivity index (χ2v) is 2.98. The Labute approximate surface area is 89.2 Å². The predicted molar refractivity (Wildman–Crippen MR) is 51.2 cm³/mol. The molecule has 1 aromatic heterocycles. The van der Waals surface area contributed by atoms with Crippen LogP contribution in [0.25, 0.3) is 10.9 Å². The Bertz CT molecular complexity index is 411. The minimum Gasteiger partial charge on any atom is -1.00 e. The molecular formula is C11H12ClNO. The van der Waals surface area contributed by atoms with Crippen LogP contribution in [0.15, 0.2) is 42.6 Å². The van der Waals surface area contributed by atoms with Crippen LogP contribution >= 0.6 is 0 Å². The SMILES string of the molecule is OCC[n+]1cccc2ccccc21.[Cl-]. The molecular weight excluding hydrogens is 198 g/mol. The number of pyridine rings is 1. The van der Waals surface area contributed by atoms with Crippen molar-refractivity contribution in [3.8, 4) is 0 Å². The lowest BCUT2D eigenvalue weighted by Crippen LogP contribution is -3.00. The minimum atomic E-state index is 0. The van der Waals surface area contributed by atoms with E-state index in [1.54, 1.807) is 0 Å². The Morgan fingerprint density at radius 1 is 1.07 bits per heavy atom. The molecule has 3 heteroatoms. The quantitative estimate of drug-likeness (QED) is 0.576. The van der Waals surface area contributed by atoms with Crippen LogP contribution in [-0.2, 0) is 6.54 Å². The smallest absolute Gasteiger partial charge is 0.212 e. The van der Waals surface area contributed by atoms with Gasteiger partial charge in [-0.3, -0.25) is 0 Å². The summed E-state index contributed by atoms with van der Waals surface area (Å²) in [5.74, 6) is 0. The third kappa shape index (κ3) is 2.03. The number of rotatable bonds is 2. The van der Waals surface area contributed by atoms with Crippen LogP contribution in [0.1, 0.15) is 0 Å². The van der Waals surface area contributed by atoms with Gasteiger partial charge in [0.15, 0.2) is 12.7 Å². The third-order valence-corrected chi connectivity index (χ3v) is 2.13. The van der Waals surface area contributed by atoms with E-state index in [0.717, 1.165) is 0 Å². The summed E-state index contributed by atoms with van der Waals surface area (Å²) in [6, 6.07) is 12.2. The number of benzene rings is 1. The lowest BCUT2D eigenvalue weighted by molar-refractivity contribution is -0.672. The molecule has 2 rings (SSSR count). The Balaban J connectivity index is 0.000000980. The first-order valence-corrected chi connectivity index (χ1v) is 4.40. The molecule has 0 atom stereocenters. The number of aliphatic hydroxyl groups excluding tert-OH is 1. The summed E-state index contributed by atoms with van der Waals surface area (Å²) in [6.45, 7) is 0.833. The van der Waals surface area contributed by atoms with E-state index in [2.05, 4.69) is 22.8 Å². The molecule has 2 nitrogen and oxygen atoms in total. The average molecular weight is 210 g/mol. The fourth-order valence-corrected chi connectivity index (χ4v) is 1.52. The topological polar surface area (TPSA) is 24.1 Å². The molecule has 0 amide bonds. The maximum absolute atomic E-state index is 8.86. The first-order valence-electron chi connectivity index (χ1n) is 4.40. The summed E-state index contributed by atoms with van der Waals surface area (Å²) in [7, 11) is 0. The van der Waals surface area contributed by atoms with Crippen LogP contribution < -0.4 is 17.0 Å². The molecule has 0 aliphatic heterocycles. The molecule has 0 aliphatic carbocycles. The van der Waals surface area contributed by atoms with Crippen molar-refractivity contribution in [2.24, 2.45) is 0 Å². The normalized spacial score (nSPS) is 9.79. The van der Waals surface area contributed by atoms with Crippen LogP contribution in [0.2, 0.25) is 0 Å². The van der Waals surface area contributed by atoms with Gasteiger partial charge >= 0.3 is 0 Å². The molecule has 0 radical (unpaired) electrons. The second-order valence-electron chi connectivity index (χ2n) is 2.98. The largest absolute Gasteiger partial charge is 1.00 e. The van der Waals surface area contributed by atoms with E-state index in [1.165, 1.54) is 10.9 Å². The summed E-state index contributed by atoms with van der Waals surface area (Å²) in [5, 5.41) is 10.1. The highest BCUT2D eigenvalue weighted by Crippen LogP contribution is 2.07. The zero-order valence-corrected chi connectivity index (χ0v) is 8.48. The van der Waals surface area contributed by atoms with E-state index in [1.807, 2.05) is 24.4 Å². The van der Waals surface area contributed by atoms with Crippen molar-refractivity contribution in [3.05, 3.63) is 42.6 Å². The molecule has 14 heavy (non-hydrogen) atoms.